The zero-order valence-electron chi connectivity index (χ0n) is 10.4. The summed E-state index contributed by atoms with van der Waals surface area (Å²) in [6.07, 6.45) is 0.694. The molecule has 2 rings (SSSR count). The van der Waals surface area contributed by atoms with Gasteiger partial charge < -0.3 is 5.11 Å². The molecule has 0 spiro atoms. The summed E-state index contributed by atoms with van der Waals surface area (Å²) < 4.78 is 24.2. The molecule has 1 aliphatic rings. The number of phenols is 1. The van der Waals surface area contributed by atoms with Crippen LogP contribution in [0.5, 0.6) is 5.75 Å². The van der Waals surface area contributed by atoms with E-state index in [1.165, 1.54) is 0 Å². The number of rotatable bonds is 3. The van der Waals surface area contributed by atoms with Crippen molar-refractivity contribution in [1.82, 2.24) is 4.90 Å². The van der Waals surface area contributed by atoms with Crippen LogP contribution in [0.4, 0.5) is 0 Å². The van der Waals surface area contributed by atoms with Gasteiger partial charge in [-0.25, -0.2) is 8.42 Å². The van der Waals surface area contributed by atoms with E-state index in [0.29, 0.717) is 21.9 Å². The Morgan fingerprint density at radius 2 is 1.95 bits per heavy atom. The lowest BCUT2D eigenvalue weighted by Gasteiger charge is -2.23. The summed E-state index contributed by atoms with van der Waals surface area (Å²) in [6, 6.07) is 3.77. The van der Waals surface area contributed by atoms with E-state index >= 15 is 0 Å². The molecule has 1 fully saturated rings. The van der Waals surface area contributed by atoms with Crippen molar-refractivity contribution in [3.8, 4) is 5.75 Å². The highest BCUT2D eigenvalue weighted by Gasteiger charge is 2.30. The Kier molecular flexibility index (Phi) is 4.59. The Hall–Kier alpha value is -0.110. The van der Waals surface area contributed by atoms with Crippen LogP contribution >= 0.6 is 31.9 Å². The first-order valence-corrected chi connectivity index (χ1v) is 9.27. The van der Waals surface area contributed by atoms with Crippen LogP contribution in [0.15, 0.2) is 21.1 Å². The second kappa shape index (κ2) is 5.71. The van der Waals surface area contributed by atoms with Crippen molar-refractivity contribution in [3.63, 3.8) is 0 Å². The summed E-state index contributed by atoms with van der Waals surface area (Å²) in [6.45, 7) is 0.650. The largest absolute Gasteiger partial charge is 0.506 e. The van der Waals surface area contributed by atoms with Gasteiger partial charge >= 0.3 is 0 Å². The van der Waals surface area contributed by atoms with Crippen molar-refractivity contribution in [3.05, 3.63) is 26.6 Å². The molecule has 1 atom stereocenters. The molecule has 0 saturated carbocycles. The van der Waals surface area contributed by atoms with Gasteiger partial charge in [-0.1, -0.05) is 0 Å². The first-order valence-electron chi connectivity index (χ1n) is 5.86. The first-order chi connectivity index (χ1) is 8.78. The fraction of sp³-hybridized carbons (Fsp3) is 0.500. The van der Waals surface area contributed by atoms with Crippen LogP contribution in [-0.4, -0.2) is 43.0 Å². The fourth-order valence-electron chi connectivity index (χ4n) is 2.25. The van der Waals surface area contributed by atoms with E-state index < -0.39 is 9.84 Å². The van der Waals surface area contributed by atoms with Gasteiger partial charge in [-0.2, -0.15) is 0 Å². The molecular weight excluding hydrogens is 398 g/mol. The van der Waals surface area contributed by atoms with E-state index in [-0.39, 0.29) is 23.3 Å². The highest BCUT2D eigenvalue weighted by Crippen LogP contribution is 2.33. The second-order valence-corrected chi connectivity index (χ2v) is 8.82. The number of halogens is 2. The lowest BCUT2D eigenvalue weighted by atomic mass is 10.1. The normalized spacial score (nSPS) is 22.0. The third-order valence-electron chi connectivity index (χ3n) is 3.34. The van der Waals surface area contributed by atoms with Gasteiger partial charge in [0.05, 0.1) is 20.5 Å². The van der Waals surface area contributed by atoms with E-state index in [2.05, 4.69) is 36.8 Å². The topological polar surface area (TPSA) is 57.6 Å². The van der Waals surface area contributed by atoms with Gasteiger partial charge in [0.2, 0.25) is 0 Å². The average Bonchev–Trinajstić information content (AvgIpc) is 2.66. The van der Waals surface area contributed by atoms with Gasteiger partial charge in [-0.05, 0) is 63.0 Å². The molecule has 0 radical (unpaired) electrons. The average molecular weight is 413 g/mol. The Labute approximate surface area is 130 Å². The molecule has 0 aliphatic carbocycles. The summed E-state index contributed by atoms with van der Waals surface area (Å²) in [5.41, 5.74) is 1.02. The third-order valence-corrected chi connectivity index (χ3v) is 6.30. The summed E-state index contributed by atoms with van der Waals surface area (Å²) in [5.74, 6) is 0.698. The van der Waals surface area contributed by atoms with Crippen LogP contribution in [0.1, 0.15) is 12.0 Å². The number of hydrogen-bond donors (Lipinski definition) is 1. The SMILES string of the molecule is CN(Cc1cc(Br)c(O)c(Br)c1)C1CCS(=O)(=O)C1. The minimum Gasteiger partial charge on any atom is -0.506 e. The predicted octanol–water partition coefficient (Wildman–Crippen LogP) is 2.54. The second-order valence-electron chi connectivity index (χ2n) is 4.88. The highest BCUT2D eigenvalue weighted by atomic mass is 79.9. The summed E-state index contributed by atoms with van der Waals surface area (Å²) in [7, 11) is -0.925. The first kappa shape index (κ1) is 15.3. The molecule has 1 aromatic carbocycles. The smallest absolute Gasteiger partial charge is 0.151 e. The highest BCUT2D eigenvalue weighted by molar-refractivity contribution is 9.11. The lowest BCUT2D eigenvalue weighted by molar-refractivity contribution is 0.254. The number of sulfone groups is 1. The maximum absolute atomic E-state index is 11.5. The number of benzene rings is 1. The van der Waals surface area contributed by atoms with Crippen molar-refractivity contribution in [2.24, 2.45) is 0 Å². The van der Waals surface area contributed by atoms with Gasteiger partial charge in [0.25, 0.3) is 0 Å². The Morgan fingerprint density at radius 1 is 1.37 bits per heavy atom. The van der Waals surface area contributed by atoms with E-state index in [9.17, 15) is 13.5 Å². The molecule has 19 heavy (non-hydrogen) atoms. The minimum atomic E-state index is -2.86. The quantitative estimate of drug-likeness (QED) is 0.828. The predicted molar refractivity (Wildman–Crippen MR) is 82.0 cm³/mol. The van der Waals surface area contributed by atoms with Crippen molar-refractivity contribution in [2.45, 2.75) is 19.0 Å². The van der Waals surface area contributed by atoms with Gasteiger partial charge in [0.1, 0.15) is 5.75 Å². The number of hydrogen-bond acceptors (Lipinski definition) is 4. The summed E-state index contributed by atoms with van der Waals surface area (Å²) in [5, 5.41) is 9.66. The maximum Gasteiger partial charge on any atom is 0.151 e. The molecule has 1 N–H and O–H groups in total. The number of nitrogens with zero attached hydrogens (tertiary/aromatic N) is 1. The van der Waals surface area contributed by atoms with E-state index in [1.54, 1.807) is 0 Å². The van der Waals surface area contributed by atoms with Crippen LogP contribution in [-0.2, 0) is 16.4 Å². The summed E-state index contributed by atoms with van der Waals surface area (Å²) in [4.78, 5) is 2.05. The van der Waals surface area contributed by atoms with Crippen molar-refractivity contribution in [2.75, 3.05) is 18.6 Å². The van der Waals surface area contributed by atoms with Crippen molar-refractivity contribution < 1.29 is 13.5 Å². The lowest BCUT2D eigenvalue weighted by Crippen LogP contribution is -2.32. The maximum atomic E-state index is 11.5. The van der Waals surface area contributed by atoms with Crippen LogP contribution in [0.25, 0.3) is 0 Å². The van der Waals surface area contributed by atoms with E-state index in [1.807, 2.05) is 19.2 Å². The molecule has 4 nitrogen and oxygen atoms in total. The molecule has 1 saturated heterocycles. The molecule has 0 aromatic heterocycles. The number of phenolic OH excluding ortho intramolecular Hbond substituents is 1. The van der Waals surface area contributed by atoms with Gasteiger partial charge in [-0.15, -0.1) is 0 Å². The Bertz CT molecular complexity index is 566. The van der Waals surface area contributed by atoms with E-state index in [0.717, 1.165) is 5.56 Å². The summed E-state index contributed by atoms with van der Waals surface area (Å²) >= 11 is 6.59. The number of aromatic hydroxyl groups is 1. The van der Waals surface area contributed by atoms with Crippen LogP contribution in [0.2, 0.25) is 0 Å². The monoisotopic (exact) mass is 411 g/mol. The molecule has 0 amide bonds. The zero-order chi connectivity index (χ0) is 14.2. The Morgan fingerprint density at radius 3 is 2.42 bits per heavy atom. The van der Waals surface area contributed by atoms with Crippen molar-refractivity contribution >= 4 is 41.7 Å². The third kappa shape index (κ3) is 3.71. The van der Waals surface area contributed by atoms with Gasteiger partial charge in [0.15, 0.2) is 9.84 Å². The fourth-order valence-corrected chi connectivity index (χ4v) is 5.34. The van der Waals surface area contributed by atoms with Crippen LogP contribution in [0.3, 0.4) is 0 Å². The van der Waals surface area contributed by atoms with Gasteiger partial charge in [-0.3, -0.25) is 4.90 Å². The van der Waals surface area contributed by atoms with Crippen molar-refractivity contribution in [1.29, 1.82) is 0 Å². The molecule has 1 unspecified atom stereocenters. The van der Waals surface area contributed by atoms with Gasteiger partial charge in [0, 0.05) is 12.6 Å². The van der Waals surface area contributed by atoms with Crippen LogP contribution < -0.4 is 0 Å². The van der Waals surface area contributed by atoms with E-state index in [4.69, 9.17) is 0 Å². The zero-order valence-corrected chi connectivity index (χ0v) is 14.4. The molecule has 1 heterocycles. The molecule has 0 bridgehead atoms. The molecule has 106 valence electrons. The Balaban J connectivity index is 2.09. The molecule has 1 aromatic rings. The molecular formula is C12H15Br2NO3S. The van der Waals surface area contributed by atoms with Crippen LogP contribution in [0, 0.1) is 0 Å². The minimum absolute atomic E-state index is 0.0800. The molecule has 7 heteroatoms. The molecule has 1 aliphatic heterocycles. The standard InChI is InChI=1S/C12H15Br2NO3S/c1-15(9-2-3-19(17,18)7-9)6-8-4-10(13)12(16)11(14)5-8/h4-5,9,16H,2-3,6-7H2,1H3.